The van der Waals surface area contributed by atoms with E-state index in [0.717, 1.165) is 25.7 Å². The first kappa shape index (κ1) is 27.4. The molecule has 0 spiro atoms. The van der Waals surface area contributed by atoms with Crippen LogP contribution in [0.15, 0.2) is 0 Å². The standard InChI is InChI=1S/C20H36N4O6/c1-5-6-7-8-9-16(25)23-14(4)19(29)21-11-17(26)24-15(10-13(2)3)20(30)22-12-18(27)28/h13-15H,5-12H2,1-4H3,(H,21,29)(H,22,30)(H,23,25)(H,24,26)(H,27,28)/t14-,15-/m0/s1. The molecule has 2 atom stereocenters. The summed E-state index contributed by atoms with van der Waals surface area (Å²) in [5, 5.41) is 18.4. The summed E-state index contributed by atoms with van der Waals surface area (Å²) >= 11 is 0. The molecule has 0 aromatic carbocycles. The van der Waals surface area contributed by atoms with E-state index in [0.29, 0.717) is 12.8 Å². The Kier molecular flexibility index (Phi) is 13.9. The average Bonchev–Trinajstić information content (AvgIpc) is 2.66. The zero-order valence-electron chi connectivity index (χ0n) is 18.4. The smallest absolute Gasteiger partial charge is 0.322 e. The lowest BCUT2D eigenvalue weighted by Crippen LogP contribution is -2.52. The van der Waals surface area contributed by atoms with E-state index in [2.05, 4.69) is 28.2 Å². The second kappa shape index (κ2) is 15.2. The van der Waals surface area contributed by atoms with Crippen molar-refractivity contribution in [2.24, 2.45) is 5.92 Å². The molecule has 0 rings (SSSR count). The van der Waals surface area contributed by atoms with E-state index in [-0.39, 0.29) is 18.4 Å². The normalized spacial score (nSPS) is 12.6. The van der Waals surface area contributed by atoms with Crippen molar-refractivity contribution in [1.82, 2.24) is 21.3 Å². The number of carbonyl (C=O) groups is 5. The Balaban J connectivity index is 4.44. The molecule has 0 fully saturated rings. The topological polar surface area (TPSA) is 154 Å². The van der Waals surface area contributed by atoms with Crippen LogP contribution in [0.4, 0.5) is 0 Å². The minimum Gasteiger partial charge on any atom is -0.480 e. The summed E-state index contributed by atoms with van der Waals surface area (Å²) in [5.74, 6) is -3.03. The zero-order chi connectivity index (χ0) is 23.1. The van der Waals surface area contributed by atoms with Gasteiger partial charge in [0.25, 0.3) is 0 Å². The molecule has 0 bridgehead atoms. The highest BCUT2D eigenvalue weighted by atomic mass is 16.4. The van der Waals surface area contributed by atoms with E-state index in [4.69, 9.17) is 5.11 Å². The van der Waals surface area contributed by atoms with Crippen LogP contribution in [0.2, 0.25) is 0 Å². The Hall–Kier alpha value is -2.65. The number of hydrogen-bond donors (Lipinski definition) is 5. The van der Waals surface area contributed by atoms with Gasteiger partial charge < -0.3 is 26.4 Å². The van der Waals surface area contributed by atoms with Crippen LogP contribution >= 0.6 is 0 Å². The first-order chi connectivity index (χ1) is 14.1. The van der Waals surface area contributed by atoms with Crippen molar-refractivity contribution in [3.05, 3.63) is 0 Å². The first-order valence-electron chi connectivity index (χ1n) is 10.4. The Morgan fingerprint density at radius 3 is 2.00 bits per heavy atom. The molecule has 172 valence electrons. The third-order valence-corrected chi connectivity index (χ3v) is 4.22. The van der Waals surface area contributed by atoms with Crippen LogP contribution in [0.3, 0.4) is 0 Å². The maximum atomic E-state index is 12.1. The van der Waals surface area contributed by atoms with E-state index in [9.17, 15) is 24.0 Å². The van der Waals surface area contributed by atoms with Crippen molar-refractivity contribution >= 4 is 29.6 Å². The number of nitrogens with one attached hydrogen (secondary N) is 4. The molecule has 0 aliphatic heterocycles. The van der Waals surface area contributed by atoms with Crippen LogP contribution in [0.1, 0.15) is 66.2 Å². The molecule has 0 aromatic heterocycles. The summed E-state index contributed by atoms with van der Waals surface area (Å²) in [4.78, 5) is 58.7. The van der Waals surface area contributed by atoms with Crippen LogP contribution in [0.25, 0.3) is 0 Å². The molecule has 0 unspecified atom stereocenters. The van der Waals surface area contributed by atoms with Crippen molar-refractivity contribution in [2.45, 2.75) is 78.3 Å². The molecule has 30 heavy (non-hydrogen) atoms. The fourth-order valence-electron chi connectivity index (χ4n) is 2.65. The largest absolute Gasteiger partial charge is 0.480 e. The Morgan fingerprint density at radius 2 is 1.43 bits per heavy atom. The van der Waals surface area contributed by atoms with E-state index < -0.39 is 42.3 Å². The Morgan fingerprint density at radius 1 is 0.800 bits per heavy atom. The third-order valence-electron chi connectivity index (χ3n) is 4.22. The molecule has 5 N–H and O–H groups in total. The molecule has 0 heterocycles. The third kappa shape index (κ3) is 13.5. The summed E-state index contributed by atoms with van der Waals surface area (Å²) in [5.41, 5.74) is 0. The molecule has 10 nitrogen and oxygen atoms in total. The number of carbonyl (C=O) groups excluding carboxylic acids is 4. The minimum absolute atomic E-state index is 0.0769. The minimum atomic E-state index is -1.19. The number of aliphatic carboxylic acids is 1. The predicted octanol–water partition coefficient (Wildman–Crippen LogP) is 0.309. The molecule has 4 amide bonds. The molecule has 0 aliphatic carbocycles. The van der Waals surface area contributed by atoms with Gasteiger partial charge >= 0.3 is 5.97 Å². The highest BCUT2D eigenvalue weighted by Gasteiger charge is 2.23. The van der Waals surface area contributed by atoms with E-state index >= 15 is 0 Å². The second-order valence-electron chi connectivity index (χ2n) is 7.68. The van der Waals surface area contributed by atoms with Crippen molar-refractivity contribution in [3.63, 3.8) is 0 Å². The molecule has 0 radical (unpaired) electrons. The van der Waals surface area contributed by atoms with Crippen LogP contribution in [-0.2, 0) is 24.0 Å². The highest BCUT2D eigenvalue weighted by molar-refractivity contribution is 5.92. The van der Waals surface area contributed by atoms with Gasteiger partial charge in [0, 0.05) is 6.42 Å². The van der Waals surface area contributed by atoms with Crippen molar-refractivity contribution in [2.75, 3.05) is 13.1 Å². The van der Waals surface area contributed by atoms with Gasteiger partial charge in [-0.2, -0.15) is 0 Å². The number of carboxylic acids is 1. The lowest BCUT2D eigenvalue weighted by molar-refractivity contribution is -0.138. The quantitative estimate of drug-likeness (QED) is 0.237. The lowest BCUT2D eigenvalue weighted by atomic mass is 10.0. The Bertz CT molecular complexity index is 594. The van der Waals surface area contributed by atoms with Gasteiger partial charge in [0.1, 0.15) is 18.6 Å². The molecule has 0 saturated heterocycles. The van der Waals surface area contributed by atoms with Gasteiger partial charge in [-0.25, -0.2) is 0 Å². The van der Waals surface area contributed by atoms with Crippen LogP contribution in [0, 0.1) is 5.92 Å². The summed E-state index contributed by atoms with van der Waals surface area (Å²) < 4.78 is 0. The SMILES string of the molecule is CCCCCCC(=O)N[C@@H](C)C(=O)NCC(=O)N[C@@H](CC(C)C)C(=O)NCC(=O)O. The van der Waals surface area contributed by atoms with E-state index in [1.807, 2.05) is 13.8 Å². The maximum absolute atomic E-state index is 12.1. The van der Waals surface area contributed by atoms with E-state index in [1.54, 1.807) is 0 Å². The van der Waals surface area contributed by atoms with Gasteiger partial charge in [-0.3, -0.25) is 24.0 Å². The molecule has 10 heteroatoms. The molecule has 0 aromatic rings. The second-order valence-corrected chi connectivity index (χ2v) is 7.68. The van der Waals surface area contributed by atoms with Gasteiger partial charge in [0.2, 0.25) is 23.6 Å². The van der Waals surface area contributed by atoms with Crippen LogP contribution in [-0.4, -0.2) is 59.9 Å². The average molecular weight is 429 g/mol. The number of amides is 4. The summed E-state index contributed by atoms with van der Waals surface area (Å²) in [6, 6.07) is -1.70. The number of rotatable bonds is 15. The van der Waals surface area contributed by atoms with Crippen LogP contribution < -0.4 is 21.3 Å². The summed E-state index contributed by atoms with van der Waals surface area (Å²) in [6.45, 7) is 6.41. The first-order valence-corrected chi connectivity index (χ1v) is 10.4. The fraction of sp³-hybridized carbons (Fsp3) is 0.750. The highest BCUT2D eigenvalue weighted by Crippen LogP contribution is 2.05. The van der Waals surface area contributed by atoms with E-state index in [1.165, 1.54) is 6.92 Å². The lowest BCUT2D eigenvalue weighted by Gasteiger charge is -2.20. The maximum Gasteiger partial charge on any atom is 0.322 e. The fourth-order valence-corrected chi connectivity index (χ4v) is 2.65. The summed E-state index contributed by atoms with van der Waals surface area (Å²) in [6.07, 6.45) is 4.52. The molecular weight excluding hydrogens is 392 g/mol. The summed E-state index contributed by atoms with van der Waals surface area (Å²) in [7, 11) is 0. The van der Waals surface area contributed by atoms with Gasteiger partial charge in [-0.1, -0.05) is 40.0 Å². The van der Waals surface area contributed by atoms with Gasteiger partial charge in [0.05, 0.1) is 6.54 Å². The van der Waals surface area contributed by atoms with Gasteiger partial charge in [0.15, 0.2) is 0 Å². The molecule has 0 saturated carbocycles. The van der Waals surface area contributed by atoms with Gasteiger partial charge in [-0.15, -0.1) is 0 Å². The number of hydrogen-bond acceptors (Lipinski definition) is 5. The van der Waals surface area contributed by atoms with Crippen molar-refractivity contribution < 1.29 is 29.1 Å². The zero-order valence-corrected chi connectivity index (χ0v) is 18.4. The van der Waals surface area contributed by atoms with Gasteiger partial charge in [-0.05, 0) is 25.7 Å². The monoisotopic (exact) mass is 428 g/mol. The number of unbranched alkanes of at least 4 members (excludes halogenated alkanes) is 3. The molecule has 0 aliphatic rings. The Labute approximate surface area is 177 Å². The van der Waals surface area contributed by atoms with Crippen molar-refractivity contribution in [1.29, 1.82) is 0 Å². The van der Waals surface area contributed by atoms with Crippen LogP contribution in [0.5, 0.6) is 0 Å². The number of carboxylic acid groups (broad SMARTS) is 1. The molecular formula is C20H36N4O6. The van der Waals surface area contributed by atoms with Crippen molar-refractivity contribution in [3.8, 4) is 0 Å². The predicted molar refractivity (Wildman–Crippen MR) is 111 cm³/mol.